The monoisotopic (exact) mass is 616 g/mol. The minimum atomic E-state index is -3.71. The van der Waals surface area contributed by atoms with Crippen molar-refractivity contribution in [2.45, 2.75) is 55.3 Å². The van der Waals surface area contributed by atoms with Crippen LogP contribution < -0.4 is 22.8 Å². The van der Waals surface area contributed by atoms with Gasteiger partial charge in [0.1, 0.15) is 23.8 Å². The van der Waals surface area contributed by atoms with E-state index < -0.39 is 73.3 Å². The van der Waals surface area contributed by atoms with E-state index in [2.05, 4.69) is 9.97 Å². The van der Waals surface area contributed by atoms with Crippen LogP contribution in [0.15, 0.2) is 64.4 Å². The maximum atomic E-state index is 14.8. The SMILES string of the molecule is Nc1ccn([C@@H]2O[C@H](CO)[C@@H](O)C2(F)F)c(=O)n1.Nc1ccn([C@@H]2O[C@H](CO)[C@@H](OCc3ccccc3)C2(F)F)c(=O)n1. The molecule has 3 aromatic rings. The number of benzene rings is 1. The number of aliphatic hydroxyl groups is 3. The summed E-state index contributed by atoms with van der Waals surface area (Å²) in [6.07, 6.45) is -8.55. The Hall–Kier alpha value is -3.94. The number of aliphatic hydroxyl groups excluding tert-OH is 3. The van der Waals surface area contributed by atoms with E-state index in [-0.39, 0.29) is 18.2 Å². The highest BCUT2D eigenvalue weighted by Gasteiger charge is 2.61. The molecule has 5 rings (SSSR count). The van der Waals surface area contributed by atoms with Crippen molar-refractivity contribution in [2.24, 2.45) is 0 Å². The molecular formula is C25H28F4N6O8. The zero-order chi connectivity index (χ0) is 31.5. The number of aromatic nitrogens is 4. The van der Waals surface area contributed by atoms with Crippen molar-refractivity contribution in [3.63, 3.8) is 0 Å². The summed E-state index contributed by atoms with van der Waals surface area (Å²) in [5.41, 5.74) is 9.31. The summed E-state index contributed by atoms with van der Waals surface area (Å²) in [6, 6.07) is 11.1. The molecule has 2 aliphatic heterocycles. The lowest BCUT2D eigenvalue weighted by atomic mass is 10.1. The average molecular weight is 617 g/mol. The second kappa shape index (κ2) is 12.7. The topological polar surface area (TPSA) is 210 Å². The van der Waals surface area contributed by atoms with E-state index in [9.17, 15) is 37.4 Å². The van der Waals surface area contributed by atoms with Gasteiger partial charge < -0.3 is 41.0 Å². The number of alkyl halides is 4. The van der Waals surface area contributed by atoms with Gasteiger partial charge in [0.25, 0.3) is 0 Å². The van der Waals surface area contributed by atoms with Gasteiger partial charge in [-0.3, -0.25) is 9.13 Å². The van der Waals surface area contributed by atoms with E-state index in [1.165, 1.54) is 6.07 Å². The third kappa shape index (κ3) is 6.53. The van der Waals surface area contributed by atoms with Gasteiger partial charge in [0.2, 0.25) is 12.5 Å². The molecule has 2 aromatic heterocycles. The Kier molecular flexibility index (Phi) is 9.47. The van der Waals surface area contributed by atoms with Gasteiger partial charge in [0.15, 0.2) is 12.2 Å². The predicted octanol–water partition coefficient (Wildman–Crippen LogP) is -0.353. The summed E-state index contributed by atoms with van der Waals surface area (Å²) < 4.78 is 73.5. The maximum Gasteiger partial charge on any atom is 0.351 e. The summed E-state index contributed by atoms with van der Waals surface area (Å²) in [7, 11) is 0. The van der Waals surface area contributed by atoms with Gasteiger partial charge in [-0.1, -0.05) is 30.3 Å². The third-order valence-corrected chi connectivity index (χ3v) is 6.57. The van der Waals surface area contributed by atoms with Crippen LogP contribution in [0.5, 0.6) is 0 Å². The van der Waals surface area contributed by atoms with Crippen molar-refractivity contribution in [2.75, 3.05) is 24.7 Å². The minimum absolute atomic E-state index is 0.0808. The minimum Gasteiger partial charge on any atom is -0.394 e. The van der Waals surface area contributed by atoms with Gasteiger partial charge >= 0.3 is 23.2 Å². The molecule has 0 amide bonds. The van der Waals surface area contributed by atoms with E-state index in [1.807, 2.05) is 0 Å². The Labute approximate surface area is 239 Å². The fourth-order valence-electron chi connectivity index (χ4n) is 4.41. The fraction of sp³-hybridized carbons (Fsp3) is 0.440. The lowest BCUT2D eigenvalue weighted by Crippen LogP contribution is -2.43. The second-order valence-electron chi connectivity index (χ2n) is 9.51. The smallest absolute Gasteiger partial charge is 0.351 e. The number of hydrogen-bond donors (Lipinski definition) is 5. The lowest BCUT2D eigenvalue weighted by Gasteiger charge is -2.24. The number of rotatable bonds is 7. The van der Waals surface area contributed by atoms with Crippen LogP contribution in [0.3, 0.4) is 0 Å². The number of ether oxygens (including phenoxy) is 3. The Bertz CT molecular complexity index is 1510. The molecule has 14 nitrogen and oxygen atoms in total. The van der Waals surface area contributed by atoms with Crippen LogP contribution in [0, 0.1) is 0 Å². The molecule has 234 valence electrons. The Balaban J connectivity index is 0.000000208. The van der Waals surface area contributed by atoms with Gasteiger partial charge in [0, 0.05) is 12.4 Å². The second-order valence-corrected chi connectivity index (χ2v) is 9.51. The molecule has 6 atom stereocenters. The molecule has 2 fully saturated rings. The first-order valence-electron chi connectivity index (χ1n) is 12.6. The summed E-state index contributed by atoms with van der Waals surface area (Å²) in [4.78, 5) is 30.0. The predicted molar refractivity (Wildman–Crippen MR) is 139 cm³/mol. The Morgan fingerprint density at radius 3 is 1.77 bits per heavy atom. The number of hydrogen-bond acceptors (Lipinski definition) is 12. The Morgan fingerprint density at radius 2 is 1.30 bits per heavy atom. The average Bonchev–Trinajstić information content (AvgIpc) is 3.35. The standard InChI is InChI=1S/C16H17F2N3O4.C9H11F2N3O4/c17-16(18)13(24-9-10-4-2-1-3-5-10)11(8-22)25-14(16)21-7-6-12(19)20-15(21)23;10-9(11)6(16)4(3-15)18-7(9)14-2-1-5(12)13-8(14)17/h1-7,11,13-14,22H,8-9H2,(H2,19,20,23);1-2,4,6-7,15-16H,3H2,(H2,12,13,17)/t11-,13-,14-;4-,6-,7-/m11/s1. The van der Waals surface area contributed by atoms with Crippen LogP contribution in [0.1, 0.15) is 18.0 Å². The number of nitrogen functional groups attached to an aromatic ring is 2. The van der Waals surface area contributed by atoms with Crippen molar-refractivity contribution < 1.29 is 47.1 Å². The van der Waals surface area contributed by atoms with Gasteiger partial charge in [0.05, 0.1) is 19.8 Å². The molecule has 7 N–H and O–H groups in total. The van der Waals surface area contributed by atoms with Crippen molar-refractivity contribution in [1.82, 2.24) is 19.1 Å². The quantitative estimate of drug-likeness (QED) is 0.216. The van der Waals surface area contributed by atoms with Gasteiger partial charge in [-0.2, -0.15) is 27.5 Å². The van der Waals surface area contributed by atoms with Crippen LogP contribution in [0.4, 0.5) is 29.2 Å². The summed E-state index contributed by atoms with van der Waals surface area (Å²) in [5.74, 6) is -7.46. The number of nitrogens with two attached hydrogens (primary N) is 2. The van der Waals surface area contributed by atoms with Crippen LogP contribution in [-0.4, -0.2) is 83.9 Å². The molecule has 0 unspecified atom stereocenters. The zero-order valence-corrected chi connectivity index (χ0v) is 22.1. The largest absolute Gasteiger partial charge is 0.394 e. The molecule has 4 heterocycles. The van der Waals surface area contributed by atoms with Crippen LogP contribution in [0.2, 0.25) is 0 Å². The molecule has 43 heavy (non-hydrogen) atoms. The van der Waals surface area contributed by atoms with Crippen molar-refractivity contribution in [3.8, 4) is 0 Å². The molecule has 0 radical (unpaired) electrons. The highest BCUT2D eigenvalue weighted by Crippen LogP contribution is 2.44. The van der Waals surface area contributed by atoms with E-state index >= 15 is 0 Å². The first-order chi connectivity index (χ1) is 20.3. The lowest BCUT2D eigenvalue weighted by molar-refractivity contribution is -0.157. The highest BCUT2D eigenvalue weighted by molar-refractivity contribution is 5.24. The van der Waals surface area contributed by atoms with Crippen molar-refractivity contribution >= 4 is 11.6 Å². The van der Waals surface area contributed by atoms with E-state index in [1.54, 1.807) is 30.3 Å². The molecule has 1 aromatic carbocycles. The fourth-order valence-corrected chi connectivity index (χ4v) is 4.41. The molecule has 18 heteroatoms. The molecule has 2 saturated heterocycles. The van der Waals surface area contributed by atoms with Gasteiger partial charge in [-0.25, -0.2) is 9.59 Å². The Morgan fingerprint density at radius 1 is 0.814 bits per heavy atom. The van der Waals surface area contributed by atoms with E-state index in [4.69, 9.17) is 30.8 Å². The van der Waals surface area contributed by atoms with E-state index in [0.717, 1.165) is 18.5 Å². The zero-order valence-electron chi connectivity index (χ0n) is 22.1. The first kappa shape index (κ1) is 32.0. The molecular weight excluding hydrogens is 588 g/mol. The van der Waals surface area contributed by atoms with Crippen molar-refractivity contribution in [3.05, 3.63) is 81.4 Å². The summed E-state index contributed by atoms with van der Waals surface area (Å²) in [6.45, 7) is -1.55. The number of halogens is 4. The first-order valence-corrected chi connectivity index (χ1v) is 12.6. The molecule has 0 spiro atoms. The van der Waals surface area contributed by atoms with E-state index in [0.29, 0.717) is 14.7 Å². The molecule has 0 saturated carbocycles. The summed E-state index contributed by atoms with van der Waals surface area (Å²) >= 11 is 0. The molecule has 0 bridgehead atoms. The summed E-state index contributed by atoms with van der Waals surface area (Å²) in [5, 5.41) is 27.5. The molecule has 2 aliphatic rings. The van der Waals surface area contributed by atoms with Crippen LogP contribution in [0.25, 0.3) is 0 Å². The van der Waals surface area contributed by atoms with Crippen LogP contribution in [-0.2, 0) is 20.8 Å². The third-order valence-electron chi connectivity index (χ3n) is 6.57. The number of anilines is 2. The maximum absolute atomic E-state index is 14.8. The van der Waals surface area contributed by atoms with Gasteiger partial charge in [-0.15, -0.1) is 0 Å². The van der Waals surface area contributed by atoms with Gasteiger partial charge in [-0.05, 0) is 17.7 Å². The number of nitrogens with zero attached hydrogens (tertiary/aromatic N) is 4. The van der Waals surface area contributed by atoms with Crippen molar-refractivity contribution in [1.29, 1.82) is 0 Å². The van der Waals surface area contributed by atoms with Crippen LogP contribution >= 0.6 is 0 Å². The highest BCUT2D eigenvalue weighted by atomic mass is 19.3. The molecule has 0 aliphatic carbocycles. The normalized spacial score (nSPS) is 27.4.